The van der Waals surface area contributed by atoms with Gasteiger partial charge in [0, 0.05) is 18.4 Å². The summed E-state index contributed by atoms with van der Waals surface area (Å²) in [5.41, 5.74) is 2.28. The van der Waals surface area contributed by atoms with Gasteiger partial charge < -0.3 is 15.0 Å². The Labute approximate surface area is 119 Å². The van der Waals surface area contributed by atoms with Crippen molar-refractivity contribution >= 4 is 29.2 Å². The van der Waals surface area contributed by atoms with Crippen molar-refractivity contribution in [2.75, 3.05) is 11.4 Å². The summed E-state index contributed by atoms with van der Waals surface area (Å²) < 4.78 is 0. The minimum atomic E-state index is -0.964. The molecule has 20 heavy (non-hydrogen) atoms. The third-order valence-corrected chi connectivity index (χ3v) is 3.56. The Morgan fingerprint density at radius 2 is 2.10 bits per heavy atom. The summed E-state index contributed by atoms with van der Waals surface area (Å²) in [7, 11) is 0. The van der Waals surface area contributed by atoms with Crippen LogP contribution in [0.3, 0.4) is 0 Å². The first-order chi connectivity index (χ1) is 9.56. The number of aromatic nitrogens is 1. The van der Waals surface area contributed by atoms with Crippen LogP contribution in [0, 0.1) is 0 Å². The van der Waals surface area contributed by atoms with E-state index >= 15 is 0 Å². The highest BCUT2D eigenvalue weighted by Crippen LogP contribution is 2.30. The molecule has 102 valence electrons. The van der Waals surface area contributed by atoms with E-state index in [0.717, 1.165) is 11.3 Å². The number of rotatable bonds is 2. The molecule has 0 radical (unpaired) electrons. The van der Waals surface area contributed by atoms with Gasteiger partial charge in [-0.15, -0.1) is 0 Å². The number of hydrogen-bond donors (Lipinski definition) is 2. The Kier molecular flexibility index (Phi) is 2.99. The summed E-state index contributed by atoms with van der Waals surface area (Å²) in [5.74, 6) is -1.13. The SMILES string of the molecule is O=C(O)c1ccc2c(c1)CCN2C(=O)c1cc(Cl)c[nH]1. The summed E-state index contributed by atoms with van der Waals surface area (Å²) >= 11 is 5.80. The predicted octanol–water partition coefficient (Wildman–Crippen LogP) is 2.57. The molecule has 0 spiro atoms. The molecule has 2 N–H and O–H groups in total. The molecule has 2 heterocycles. The van der Waals surface area contributed by atoms with Gasteiger partial charge in [0.25, 0.3) is 5.91 Å². The molecule has 6 heteroatoms. The zero-order chi connectivity index (χ0) is 14.3. The quantitative estimate of drug-likeness (QED) is 0.893. The van der Waals surface area contributed by atoms with Crippen LogP contribution in [-0.2, 0) is 6.42 Å². The van der Waals surface area contributed by atoms with E-state index in [4.69, 9.17) is 16.7 Å². The average molecular weight is 291 g/mol. The number of carbonyl (C=O) groups is 2. The van der Waals surface area contributed by atoms with Crippen LogP contribution < -0.4 is 4.90 Å². The number of nitrogens with zero attached hydrogens (tertiary/aromatic N) is 1. The van der Waals surface area contributed by atoms with Gasteiger partial charge in [-0.25, -0.2) is 4.79 Å². The van der Waals surface area contributed by atoms with Crippen LogP contribution in [0.2, 0.25) is 5.02 Å². The molecule has 2 aromatic rings. The molecule has 1 aliphatic rings. The Balaban J connectivity index is 1.93. The second-order valence-electron chi connectivity index (χ2n) is 4.59. The second kappa shape index (κ2) is 4.68. The molecule has 3 rings (SSSR count). The van der Waals surface area contributed by atoms with Gasteiger partial charge in [-0.05, 0) is 36.2 Å². The van der Waals surface area contributed by atoms with Gasteiger partial charge in [0.1, 0.15) is 5.69 Å². The molecular formula is C14H11ClN2O3. The fraction of sp³-hybridized carbons (Fsp3) is 0.143. The van der Waals surface area contributed by atoms with Gasteiger partial charge in [0.2, 0.25) is 0 Å². The Morgan fingerprint density at radius 1 is 1.30 bits per heavy atom. The number of aromatic carboxylic acids is 1. The fourth-order valence-electron chi connectivity index (χ4n) is 2.38. The summed E-state index contributed by atoms with van der Waals surface area (Å²) in [4.78, 5) is 27.8. The zero-order valence-corrected chi connectivity index (χ0v) is 11.1. The number of halogens is 1. The Hall–Kier alpha value is -2.27. The van der Waals surface area contributed by atoms with Gasteiger partial charge in [-0.3, -0.25) is 4.79 Å². The zero-order valence-electron chi connectivity index (χ0n) is 10.4. The van der Waals surface area contributed by atoms with Gasteiger partial charge in [-0.2, -0.15) is 0 Å². The number of carbonyl (C=O) groups excluding carboxylic acids is 1. The average Bonchev–Trinajstić information content (AvgIpc) is 3.03. The number of carboxylic acid groups (broad SMARTS) is 1. The first-order valence-corrected chi connectivity index (χ1v) is 6.46. The van der Waals surface area contributed by atoms with Gasteiger partial charge in [0.15, 0.2) is 0 Å². The van der Waals surface area contributed by atoms with E-state index in [2.05, 4.69) is 4.98 Å². The Morgan fingerprint density at radius 3 is 2.75 bits per heavy atom. The molecule has 0 saturated carbocycles. The molecule has 0 aliphatic carbocycles. The maximum absolute atomic E-state index is 12.4. The summed E-state index contributed by atoms with van der Waals surface area (Å²) in [5, 5.41) is 9.45. The van der Waals surface area contributed by atoms with Crippen molar-refractivity contribution in [2.45, 2.75) is 6.42 Å². The van der Waals surface area contributed by atoms with E-state index in [1.807, 2.05) is 0 Å². The van der Waals surface area contributed by atoms with Crippen molar-refractivity contribution in [3.63, 3.8) is 0 Å². The number of H-pyrrole nitrogens is 1. The first kappa shape index (κ1) is 12.7. The first-order valence-electron chi connectivity index (χ1n) is 6.08. The maximum atomic E-state index is 12.4. The molecule has 0 bridgehead atoms. The van der Waals surface area contributed by atoms with Crippen LogP contribution in [-0.4, -0.2) is 28.5 Å². The van der Waals surface area contributed by atoms with Crippen molar-refractivity contribution in [2.24, 2.45) is 0 Å². The number of fused-ring (bicyclic) bond motifs is 1. The molecule has 1 aromatic carbocycles. The molecule has 1 amide bonds. The van der Waals surface area contributed by atoms with Crippen LogP contribution in [0.15, 0.2) is 30.5 Å². The lowest BCUT2D eigenvalue weighted by molar-refractivity contribution is 0.0696. The molecule has 1 aliphatic heterocycles. The molecule has 1 aromatic heterocycles. The highest BCUT2D eigenvalue weighted by Gasteiger charge is 2.27. The smallest absolute Gasteiger partial charge is 0.335 e. The number of anilines is 1. The molecule has 0 atom stereocenters. The van der Waals surface area contributed by atoms with Gasteiger partial charge in [-0.1, -0.05) is 11.6 Å². The summed E-state index contributed by atoms with van der Waals surface area (Å²) in [6.07, 6.45) is 2.20. The number of aromatic amines is 1. The lowest BCUT2D eigenvalue weighted by atomic mass is 10.1. The summed E-state index contributed by atoms with van der Waals surface area (Å²) in [6.45, 7) is 0.536. The molecular weight excluding hydrogens is 280 g/mol. The van der Waals surface area contributed by atoms with Gasteiger partial charge in [0.05, 0.1) is 10.6 Å². The van der Waals surface area contributed by atoms with E-state index in [-0.39, 0.29) is 11.5 Å². The lowest BCUT2D eigenvalue weighted by Gasteiger charge is -2.16. The van der Waals surface area contributed by atoms with Crippen LogP contribution >= 0.6 is 11.6 Å². The van der Waals surface area contributed by atoms with Crippen molar-refractivity contribution in [3.05, 3.63) is 52.3 Å². The molecule has 0 saturated heterocycles. The third-order valence-electron chi connectivity index (χ3n) is 3.35. The van der Waals surface area contributed by atoms with E-state index in [1.54, 1.807) is 29.3 Å². The number of benzene rings is 1. The number of hydrogen-bond acceptors (Lipinski definition) is 2. The highest BCUT2D eigenvalue weighted by atomic mass is 35.5. The normalized spacial score (nSPS) is 13.3. The van der Waals surface area contributed by atoms with Crippen LogP contribution in [0.5, 0.6) is 0 Å². The highest BCUT2D eigenvalue weighted by molar-refractivity contribution is 6.31. The van der Waals surface area contributed by atoms with Crippen molar-refractivity contribution in [3.8, 4) is 0 Å². The van der Waals surface area contributed by atoms with Crippen LogP contribution in [0.25, 0.3) is 0 Å². The van der Waals surface area contributed by atoms with Crippen molar-refractivity contribution in [1.29, 1.82) is 0 Å². The van der Waals surface area contributed by atoms with E-state index in [1.165, 1.54) is 6.07 Å². The second-order valence-corrected chi connectivity index (χ2v) is 5.02. The van der Waals surface area contributed by atoms with Crippen molar-refractivity contribution < 1.29 is 14.7 Å². The standard InChI is InChI=1S/C14H11ClN2O3/c15-10-6-11(16-7-10)13(18)17-4-3-8-5-9(14(19)20)1-2-12(8)17/h1-2,5-7,16H,3-4H2,(H,19,20). The number of nitrogens with one attached hydrogen (secondary N) is 1. The fourth-order valence-corrected chi connectivity index (χ4v) is 2.55. The number of carboxylic acids is 1. The molecule has 0 fully saturated rings. The minimum Gasteiger partial charge on any atom is -0.478 e. The van der Waals surface area contributed by atoms with Crippen LogP contribution in [0.4, 0.5) is 5.69 Å². The van der Waals surface area contributed by atoms with E-state index in [9.17, 15) is 9.59 Å². The van der Waals surface area contributed by atoms with E-state index in [0.29, 0.717) is 23.7 Å². The largest absolute Gasteiger partial charge is 0.478 e. The summed E-state index contributed by atoms with van der Waals surface area (Å²) in [6, 6.07) is 6.38. The minimum absolute atomic E-state index is 0.168. The maximum Gasteiger partial charge on any atom is 0.335 e. The molecule has 5 nitrogen and oxygen atoms in total. The predicted molar refractivity (Wildman–Crippen MR) is 74.6 cm³/mol. The topological polar surface area (TPSA) is 73.4 Å². The lowest BCUT2D eigenvalue weighted by Crippen LogP contribution is -2.29. The van der Waals surface area contributed by atoms with Crippen LogP contribution in [0.1, 0.15) is 26.4 Å². The monoisotopic (exact) mass is 290 g/mol. The Bertz CT molecular complexity index is 708. The third kappa shape index (κ3) is 2.06. The molecule has 0 unspecified atom stereocenters. The van der Waals surface area contributed by atoms with E-state index < -0.39 is 5.97 Å². The van der Waals surface area contributed by atoms with Gasteiger partial charge >= 0.3 is 5.97 Å². The number of amides is 1. The van der Waals surface area contributed by atoms with Crippen molar-refractivity contribution in [1.82, 2.24) is 4.98 Å².